The summed E-state index contributed by atoms with van der Waals surface area (Å²) >= 11 is 0. The summed E-state index contributed by atoms with van der Waals surface area (Å²) in [6.45, 7) is 0.605. The summed E-state index contributed by atoms with van der Waals surface area (Å²) in [4.78, 5) is 42.2. The van der Waals surface area contributed by atoms with E-state index < -0.39 is 23.9 Å². The van der Waals surface area contributed by atoms with Crippen LogP contribution in [-0.2, 0) is 38.1 Å². The van der Waals surface area contributed by atoms with Gasteiger partial charge in [0.05, 0.1) is 26.4 Å². The fourth-order valence-corrected chi connectivity index (χ4v) is 1.10. The van der Waals surface area contributed by atoms with Gasteiger partial charge in [-0.05, 0) is 0 Å². The zero-order valence-corrected chi connectivity index (χ0v) is 12.7. The SMILES string of the molecule is O=C(O)/C=C/C(=O)OCCOCCOCCOC(=O)/C=C/C(=O)O. The Kier molecular flexibility index (Phi) is 12.3. The molecular weight excluding hydrogens is 328 g/mol. The minimum Gasteiger partial charge on any atom is -0.478 e. The minimum atomic E-state index is -1.25. The Morgan fingerprint density at radius 1 is 0.583 bits per heavy atom. The summed E-state index contributed by atoms with van der Waals surface area (Å²) in [5, 5.41) is 16.6. The molecule has 24 heavy (non-hydrogen) atoms. The van der Waals surface area contributed by atoms with E-state index in [2.05, 4.69) is 9.47 Å². The maximum absolute atomic E-state index is 11.0. The van der Waals surface area contributed by atoms with Crippen LogP contribution < -0.4 is 0 Å². The molecule has 0 fully saturated rings. The first-order valence-corrected chi connectivity index (χ1v) is 6.73. The second kappa shape index (κ2) is 13.9. The number of rotatable bonds is 13. The zero-order chi connectivity index (χ0) is 18.2. The standard InChI is InChI=1S/C14H18O10/c15-11(16)1-3-13(19)23-9-7-21-5-6-22-8-10-24-14(20)4-2-12(17)18/h1-4H,5-10H2,(H,15,16)(H,17,18)/b3-1+,4-2+. The van der Waals surface area contributed by atoms with E-state index in [-0.39, 0.29) is 39.6 Å². The van der Waals surface area contributed by atoms with E-state index in [0.717, 1.165) is 12.2 Å². The highest BCUT2D eigenvalue weighted by molar-refractivity contribution is 5.91. The number of carbonyl (C=O) groups is 4. The van der Waals surface area contributed by atoms with Gasteiger partial charge in [0.1, 0.15) is 13.2 Å². The van der Waals surface area contributed by atoms with Crippen LogP contribution in [0.3, 0.4) is 0 Å². The summed E-state index contributed by atoms with van der Waals surface area (Å²) in [7, 11) is 0. The molecule has 0 aromatic rings. The number of ether oxygens (including phenoxy) is 4. The van der Waals surface area contributed by atoms with Crippen molar-refractivity contribution in [2.45, 2.75) is 0 Å². The average molecular weight is 346 g/mol. The van der Waals surface area contributed by atoms with Crippen LogP contribution in [0.25, 0.3) is 0 Å². The average Bonchev–Trinajstić information content (AvgIpc) is 2.52. The smallest absolute Gasteiger partial charge is 0.331 e. The van der Waals surface area contributed by atoms with Crippen molar-refractivity contribution >= 4 is 23.9 Å². The van der Waals surface area contributed by atoms with Crippen LogP contribution in [0.4, 0.5) is 0 Å². The normalized spacial score (nSPS) is 10.8. The Morgan fingerprint density at radius 3 is 1.25 bits per heavy atom. The molecule has 0 amide bonds. The van der Waals surface area contributed by atoms with E-state index in [9.17, 15) is 19.2 Å². The van der Waals surface area contributed by atoms with Crippen molar-refractivity contribution in [3.05, 3.63) is 24.3 Å². The first-order valence-electron chi connectivity index (χ1n) is 6.73. The molecule has 0 aromatic heterocycles. The fraction of sp³-hybridized carbons (Fsp3) is 0.429. The Hall–Kier alpha value is -2.72. The molecule has 10 nitrogen and oxygen atoms in total. The number of esters is 2. The zero-order valence-electron chi connectivity index (χ0n) is 12.7. The summed E-state index contributed by atoms with van der Waals surface area (Å²) in [6, 6.07) is 0. The number of carboxylic acid groups (broad SMARTS) is 2. The predicted molar refractivity (Wildman–Crippen MR) is 77.1 cm³/mol. The van der Waals surface area contributed by atoms with Crippen molar-refractivity contribution < 1.29 is 48.3 Å². The third-order valence-corrected chi connectivity index (χ3v) is 2.04. The first kappa shape index (κ1) is 21.3. The quantitative estimate of drug-likeness (QED) is 0.251. The molecular formula is C14H18O10. The van der Waals surface area contributed by atoms with Crippen molar-refractivity contribution in [2.75, 3.05) is 39.6 Å². The van der Waals surface area contributed by atoms with Gasteiger partial charge in [-0.25, -0.2) is 19.2 Å². The van der Waals surface area contributed by atoms with Gasteiger partial charge in [0.15, 0.2) is 0 Å². The highest BCUT2D eigenvalue weighted by Crippen LogP contribution is 1.86. The fourth-order valence-electron chi connectivity index (χ4n) is 1.10. The highest BCUT2D eigenvalue weighted by atomic mass is 16.6. The van der Waals surface area contributed by atoms with Crippen molar-refractivity contribution in [1.82, 2.24) is 0 Å². The summed E-state index contributed by atoms with van der Waals surface area (Å²) in [5.41, 5.74) is 0. The van der Waals surface area contributed by atoms with E-state index in [0.29, 0.717) is 12.2 Å². The van der Waals surface area contributed by atoms with Crippen LogP contribution >= 0.6 is 0 Å². The lowest BCUT2D eigenvalue weighted by Crippen LogP contribution is -2.14. The number of carbonyl (C=O) groups excluding carboxylic acids is 2. The largest absolute Gasteiger partial charge is 0.478 e. The Morgan fingerprint density at radius 2 is 0.917 bits per heavy atom. The van der Waals surface area contributed by atoms with Gasteiger partial charge in [-0.2, -0.15) is 0 Å². The molecule has 0 saturated heterocycles. The number of aliphatic carboxylic acids is 2. The molecule has 134 valence electrons. The third-order valence-electron chi connectivity index (χ3n) is 2.04. The van der Waals surface area contributed by atoms with Gasteiger partial charge in [-0.1, -0.05) is 0 Å². The van der Waals surface area contributed by atoms with Crippen molar-refractivity contribution in [2.24, 2.45) is 0 Å². The topological polar surface area (TPSA) is 146 Å². The van der Waals surface area contributed by atoms with E-state index >= 15 is 0 Å². The third kappa shape index (κ3) is 15.7. The molecule has 0 spiro atoms. The van der Waals surface area contributed by atoms with Crippen LogP contribution in [0.15, 0.2) is 24.3 Å². The Balaban J connectivity index is 3.40. The first-order chi connectivity index (χ1) is 11.4. The molecule has 0 aromatic carbocycles. The molecule has 0 heterocycles. The molecule has 0 aliphatic carbocycles. The van der Waals surface area contributed by atoms with Gasteiger partial charge >= 0.3 is 23.9 Å². The van der Waals surface area contributed by atoms with Crippen molar-refractivity contribution in [3.8, 4) is 0 Å². The number of hydrogen-bond donors (Lipinski definition) is 2. The van der Waals surface area contributed by atoms with Gasteiger partial charge < -0.3 is 29.2 Å². The summed E-state index contributed by atoms with van der Waals surface area (Å²) < 4.78 is 19.4. The van der Waals surface area contributed by atoms with Gasteiger partial charge in [0, 0.05) is 24.3 Å². The number of carboxylic acids is 2. The van der Waals surface area contributed by atoms with Crippen LogP contribution in [0.2, 0.25) is 0 Å². The van der Waals surface area contributed by atoms with Crippen LogP contribution in [0.5, 0.6) is 0 Å². The highest BCUT2D eigenvalue weighted by Gasteiger charge is 1.99. The molecule has 0 radical (unpaired) electrons. The monoisotopic (exact) mass is 346 g/mol. The van der Waals surface area contributed by atoms with Crippen LogP contribution in [0.1, 0.15) is 0 Å². The lowest BCUT2D eigenvalue weighted by molar-refractivity contribution is -0.141. The molecule has 0 unspecified atom stereocenters. The van der Waals surface area contributed by atoms with Gasteiger partial charge in [0.25, 0.3) is 0 Å². The van der Waals surface area contributed by atoms with Crippen LogP contribution in [0, 0.1) is 0 Å². The molecule has 0 rings (SSSR count). The molecule has 10 heteroatoms. The second-order valence-electron chi connectivity index (χ2n) is 3.90. The van der Waals surface area contributed by atoms with Gasteiger partial charge in [-0.3, -0.25) is 0 Å². The minimum absolute atomic E-state index is 0.0314. The van der Waals surface area contributed by atoms with E-state index in [1.54, 1.807) is 0 Å². The lowest BCUT2D eigenvalue weighted by atomic mass is 10.5. The van der Waals surface area contributed by atoms with Crippen molar-refractivity contribution in [3.63, 3.8) is 0 Å². The number of hydrogen-bond acceptors (Lipinski definition) is 8. The molecule has 0 bridgehead atoms. The van der Waals surface area contributed by atoms with Gasteiger partial charge in [-0.15, -0.1) is 0 Å². The molecule has 2 N–H and O–H groups in total. The van der Waals surface area contributed by atoms with E-state index in [1.807, 2.05) is 0 Å². The molecule has 0 saturated carbocycles. The van der Waals surface area contributed by atoms with Crippen molar-refractivity contribution in [1.29, 1.82) is 0 Å². The second-order valence-corrected chi connectivity index (χ2v) is 3.90. The molecule has 0 aliphatic heterocycles. The van der Waals surface area contributed by atoms with E-state index in [1.165, 1.54) is 0 Å². The lowest BCUT2D eigenvalue weighted by Gasteiger charge is -2.06. The Bertz CT molecular complexity index is 436. The van der Waals surface area contributed by atoms with Gasteiger partial charge in [0.2, 0.25) is 0 Å². The summed E-state index contributed by atoms with van der Waals surface area (Å²) in [5.74, 6) is -4.06. The predicted octanol–water partition coefficient (Wildman–Crippen LogP) is -0.612. The maximum atomic E-state index is 11.0. The maximum Gasteiger partial charge on any atom is 0.331 e. The van der Waals surface area contributed by atoms with E-state index in [4.69, 9.17) is 19.7 Å². The molecule has 0 aliphatic rings. The molecule has 0 atom stereocenters. The van der Waals surface area contributed by atoms with Crippen LogP contribution in [-0.4, -0.2) is 73.7 Å². The summed E-state index contributed by atoms with van der Waals surface area (Å²) in [6.07, 6.45) is 2.92. The Labute approximate surface area is 137 Å².